The second kappa shape index (κ2) is 7.48. The largest absolute Gasteiger partial charge is 0.391 e. The molecule has 1 aliphatic rings. The van der Waals surface area contributed by atoms with Gasteiger partial charge >= 0.3 is 0 Å². The smallest absolute Gasteiger partial charge is 0.243 e. The number of carbonyl (C=O) groups excluding carboxylic acids is 1. The van der Waals surface area contributed by atoms with Crippen LogP contribution in [0.25, 0.3) is 0 Å². The summed E-state index contributed by atoms with van der Waals surface area (Å²) < 4.78 is 38.8. The fraction of sp³-hybridized carbons (Fsp3) is 0.562. The summed E-state index contributed by atoms with van der Waals surface area (Å²) in [4.78, 5) is 13.9. The fourth-order valence-electron chi connectivity index (χ4n) is 3.00. The molecule has 6 nitrogen and oxygen atoms in total. The molecule has 134 valence electrons. The second-order valence-electron chi connectivity index (χ2n) is 6.14. The summed E-state index contributed by atoms with van der Waals surface area (Å²) in [5, 5.41) is 10.1. The van der Waals surface area contributed by atoms with Crippen molar-refractivity contribution in [3.05, 3.63) is 30.1 Å². The van der Waals surface area contributed by atoms with Crippen LogP contribution in [0.1, 0.15) is 25.7 Å². The van der Waals surface area contributed by atoms with Gasteiger partial charge in [0.15, 0.2) is 0 Å². The van der Waals surface area contributed by atoms with E-state index >= 15 is 0 Å². The Morgan fingerprint density at radius 3 is 2.50 bits per heavy atom. The van der Waals surface area contributed by atoms with E-state index in [2.05, 4.69) is 0 Å². The zero-order chi connectivity index (χ0) is 17.9. The van der Waals surface area contributed by atoms with Crippen LogP contribution in [0.2, 0.25) is 0 Å². The van der Waals surface area contributed by atoms with Gasteiger partial charge in [-0.3, -0.25) is 9.10 Å². The molecule has 24 heavy (non-hydrogen) atoms. The highest BCUT2D eigenvalue weighted by Crippen LogP contribution is 2.24. The van der Waals surface area contributed by atoms with Gasteiger partial charge in [0.1, 0.15) is 12.4 Å². The quantitative estimate of drug-likeness (QED) is 0.862. The summed E-state index contributed by atoms with van der Waals surface area (Å²) in [6.45, 7) is -0.501. The Morgan fingerprint density at radius 1 is 1.29 bits per heavy atom. The number of amides is 1. The van der Waals surface area contributed by atoms with E-state index in [0.29, 0.717) is 12.8 Å². The van der Waals surface area contributed by atoms with E-state index in [0.717, 1.165) is 29.5 Å². The Hall–Kier alpha value is -1.67. The zero-order valence-electron chi connectivity index (χ0n) is 13.9. The lowest BCUT2D eigenvalue weighted by molar-refractivity contribution is -0.133. The second-order valence-corrected chi connectivity index (χ2v) is 8.05. The first kappa shape index (κ1) is 18.7. The molecule has 1 fully saturated rings. The molecule has 0 aromatic heterocycles. The Kier molecular flexibility index (Phi) is 5.82. The Balaban J connectivity index is 2.21. The van der Waals surface area contributed by atoms with Crippen molar-refractivity contribution in [1.29, 1.82) is 0 Å². The third-order valence-corrected chi connectivity index (χ3v) is 5.51. The van der Waals surface area contributed by atoms with Crippen LogP contribution in [0.5, 0.6) is 0 Å². The molecule has 0 spiro atoms. The summed E-state index contributed by atoms with van der Waals surface area (Å²) in [6.07, 6.45) is 3.41. The molecule has 1 saturated carbocycles. The summed E-state index contributed by atoms with van der Waals surface area (Å²) in [5.41, 5.74) is -0.161. The maximum absolute atomic E-state index is 14.0. The molecule has 2 atom stereocenters. The number of sulfonamides is 1. The topological polar surface area (TPSA) is 77.9 Å². The van der Waals surface area contributed by atoms with Crippen LogP contribution in [0, 0.1) is 5.82 Å². The van der Waals surface area contributed by atoms with E-state index in [1.54, 1.807) is 7.05 Å². The van der Waals surface area contributed by atoms with Gasteiger partial charge in [0, 0.05) is 7.05 Å². The van der Waals surface area contributed by atoms with Crippen LogP contribution in [-0.4, -0.2) is 56.3 Å². The number of hydrogen-bond donors (Lipinski definition) is 1. The molecule has 0 radical (unpaired) electrons. The van der Waals surface area contributed by atoms with Crippen LogP contribution in [0.15, 0.2) is 24.3 Å². The van der Waals surface area contributed by atoms with Gasteiger partial charge in [-0.25, -0.2) is 12.8 Å². The van der Waals surface area contributed by atoms with E-state index in [4.69, 9.17) is 0 Å². The number of para-hydroxylation sites is 1. The van der Waals surface area contributed by atoms with Crippen LogP contribution in [-0.2, 0) is 14.8 Å². The van der Waals surface area contributed by atoms with Gasteiger partial charge in [-0.2, -0.15) is 0 Å². The number of aliphatic hydroxyl groups excluding tert-OH is 1. The summed E-state index contributed by atoms with van der Waals surface area (Å²) >= 11 is 0. The normalized spacial score (nSPS) is 21.3. The molecule has 0 bridgehead atoms. The van der Waals surface area contributed by atoms with Crippen molar-refractivity contribution in [3.8, 4) is 0 Å². The number of aliphatic hydroxyl groups is 1. The van der Waals surface area contributed by atoms with Crippen LogP contribution in [0.4, 0.5) is 10.1 Å². The molecule has 1 N–H and O–H groups in total. The van der Waals surface area contributed by atoms with E-state index < -0.39 is 34.4 Å². The molecule has 1 aromatic rings. The molecular formula is C16H23FN2O4S. The lowest BCUT2D eigenvalue weighted by Gasteiger charge is -2.36. The monoisotopic (exact) mass is 358 g/mol. The third kappa shape index (κ3) is 4.24. The molecule has 1 aliphatic carbocycles. The van der Waals surface area contributed by atoms with E-state index in [-0.39, 0.29) is 11.7 Å². The molecule has 0 saturated heterocycles. The number of carbonyl (C=O) groups is 1. The van der Waals surface area contributed by atoms with Crippen molar-refractivity contribution in [2.75, 3.05) is 24.2 Å². The Bertz CT molecular complexity index is 695. The molecule has 2 rings (SSSR count). The van der Waals surface area contributed by atoms with Crippen molar-refractivity contribution >= 4 is 21.6 Å². The van der Waals surface area contributed by atoms with Crippen LogP contribution in [0.3, 0.4) is 0 Å². The molecule has 0 aliphatic heterocycles. The fourth-order valence-corrected chi connectivity index (χ4v) is 3.85. The number of benzene rings is 1. The maximum atomic E-state index is 14.0. The zero-order valence-corrected chi connectivity index (χ0v) is 14.7. The number of anilines is 1. The predicted octanol–water partition coefficient (Wildman–Crippen LogP) is 1.35. The van der Waals surface area contributed by atoms with Gasteiger partial charge in [0.2, 0.25) is 15.9 Å². The summed E-state index contributed by atoms with van der Waals surface area (Å²) in [6, 6.07) is 5.08. The van der Waals surface area contributed by atoms with E-state index in [1.165, 1.54) is 23.1 Å². The minimum Gasteiger partial charge on any atom is -0.391 e. The molecule has 1 aromatic carbocycles. The predicted molar refractivity (Wildman–Crippen MR) is 89.6 cm³/mol. The number of hydrogen-bond acceptors (Lipinski definition) is 4. The van der Waals surface area contributed by atoms with Crippen molar-refractivity contribution in [3.63, 3.8) is 0 Å². The van der Waals surface area contributed by atoms with Crippen LogP contribution >= 0.6 is 0 Å². The summed E-state index contributed by atoms with van der Waals surface area (Å²) in [5.74, 6) is -1.19. The number of nitrogens with zero attached hydrogens (tertiary/aromatic N) is 2. The van der Waals surface area contributed by atoms with Gasteiger partial charge < -0.3 is 10.0 Å². The van der Waals surface area contributed by atoms with Gasteiger partial charge in [0.05, 0.1) is 24.1 Å². The highest BCUT2D eigenvalue weighted by molar-refractivity contribution is 7.92. The van der Waals surface area contributed by atoms with E-state index in [9.17, 15) is 22.7 Å². The maximum Gasteiger partial charge on any atom is 0.243 e. The number of halogens is 1. The van der Waals surface area contributed by atoms with Crippen molar-refractivity contribution < 1.29 is 22.7 Å². The standard InChI is InChI=1S/C16H23FN2O4S/c1-18(14-9-5-6-10-15(14)20)16(21)11-19(24(2,22)23)13-8-4-3-7-12(13)17/h3-4,7-8,14-15,20H,5-6,9-11H2,1-2H3. The lowest BCUT2D eigenvalue weighted by Crippen LogP contribution is -2.50. The lowest BCUT2D eigenvalue weighted by atomic mass is 9.91. The molecule has 0 heterocycles. The first-order chi connectivity index (χ1) is 11.2. The Morgan fingerprint density at radius 2 is 1.92 bits per heavy atom. The molecule has 1 amide bonds. The molecular weight excluding hydrogens is 335 g/mol. The summed E-state index contributed by atoms with van der Waals surface area (Å²) in [7, 11) is -2.28. The third-order valence-electron chi connectivity index (χ3n) is 4.39. The Labute approximate surface area is 141 Å². The SMILES string of the molecule is CN(C(=O)CN(c1ccccc1F)S(C)(=O)=O)C1CCCCC1O. The minimum absolute atomic E-state index is 0.161. The van der Waals surface area contributed by atoms with Crippen molar-refractivity contribution in [2.45, 2.75) is 37.8 Å². The van der Waals surface area contributed by atoms with Gasteiger partial charge in [0.25, 0.3) is 0 Å². The van der Waals surface area contributed by atoms with E-state index in [1.807, 2.05) is 0 Å². The van der Waals surface area contributed by atoms with Crippen molar-refractivity contribution in [1.82, 2.24) is 4.90 Å². The van der Waals surface area contributed by atoms with Gasteiger partial charge in [-0.1, -0.05) is 25.0 Å². The van der Waals surface area contributed by atoms with Crippen LogP contribution < -0.4 is 4.31 Å². The van der Waals surface area contributed by atoms with Gasteiger partial charge in [-0.05, 0) is 25.0 Å². The molecule has 8 heteroatoms. The number of likely N-dealkylation sites (N-methyl/N-ethyl adjacent to an activating group) is 1. The number of rotatable bonds is 5. The van der Waals surface area contributed by atoms with Gasteiger partial charge in [-0.15, -0.1) is 0 Å². The highest BCUT2D eigenvalue weighted by Gasteiger charge is 2.32. The molecule has 2 unspecified atom stereocenters. The highest BCUT2D eigenvalue weighted by atomic mass is 32.2. The first-order valence-corrected chi connectivity index (χ1v) is 9.72. The average Bonchev–Trinajstić information content (AvgIpc) is 2.52. The van der Waals surface area contributed by atoms with Crippen molar-refractivity contribution in [2.24, 2.45) is 0 Å². The first-order valence-electron chi connectivity index (χ1n) is 7.88. The average molecular weight is 358 g/mol. The minimum atomic E-state index is -3.83.